The first kappa shape index (κ1) is 18.3. The summed E-state index contributed by atoms with van der Waals surface area (Å²) < 4.78 is 0. The first-order valence-electron chi connectivity index (χ1n) is 10.0. The van der Waals surface area contributed by atoms with E-state index in [1.807, 2.05) is 43.3 Å². The quantitative estimate of drug-likeness (QED) is 0.559. The second-order valence-corrected chi connectivity index (χ2v) is 7.68. The Kier molecular flexibility index (Phi) is 4.43. The fourth-order valence-corrected chi connectivity index (χ4v) is 4.06. The highest BCUT2D eigenvalue weighted by Crippen LogP contribution is 2.31. The molecule has 1 aliphatic heterocycles. The molecule has 2 heterocycles. The van der Waals surface area contributed by atoms with E-state index in [0.717, 1.165) is 38.5 Å². The van der Waals surface area contributed by atoms with Crippen LogP contribution in [-0.2, 0) is 4.79 Å². The Labute approximate surface area is 174 Å². The van der Waals surface area contributed by atoms with E-state index < -0.39 is 0 Å². The van der Waals surface area contributed by atoms with Gasteiger partial charge in [-0.15, -0.1) is 0 Å². The molecular weight excluding hydrogens is 374 g/mol. The van der Waals surface area contributed by atoms with Gasteiger partial charge in [0.15, 0.2) is 0 Å². The second-order valence-electron chi connectivity index (χ2n) is 7.68. The molecule has 0 aliphatic carbocycles. The first-order chi connectivity index (χ1) is 14.6. The van der Waals surface area contributed by atoms with Crippen molar-refractivity contribution in [3.63, 3.8) is 0 Å². The molecule has 0 unspecified atom stereocenters. The van der Waals surface area contributed by atoms with Gasteiger partial charge in [0, 0.05) is 29.7 Å². The number of pyridine rings is 1. The van der Waals surface area contributed by atoms with E-state index in [9.17, 15) is 9.59 Å². The van der Waals surface area contributed by atoms with Crippen LogP contribution in [0.2, 0.25) is 0 Å². The van der Waals surface area contributed by atoms with E-state index in [1.54, 1.807) is 4.90 Å². The number of aryl methyl sites for hydroxylation is 1. The van der Waals surface area contributed by atoms with E-state index >= 15 is 0 Å². The highest BCUT2D eigenvalue weighted by molar-refractivity contribution is 6.04. The third kappa shape index (κ3) is 3.28. The molecule has 3 aromatic carbocycles. The summed E-state index contributed by atoms with van der Waals surface area (Å²) in [6.07, 6.45) is 0. The van der Waals surface area contributed by atoms with E-state index in [2.05, 4.69) is 40.6 Å². The predicted molar refractivity (Wildman–Crippen MR) is 118 cm³/mol. The van der Waals surface area contributed by atoms with Crippen molar-refractivity contribution >= 4 is 33.5 Å². The number of carbonyl (C=O) groups excluding carboxylic acids is 2. The number of amides is 2. The zero-order valence-electron chi connectivity index (χ0n) is 16.7. The summed E-state index contributed by atoms with van der Waals surface area (Å²) in [5, 5.41) is 5.94. The van der Waals surface area contributed by atoms with Crippen LogP contribution in [0.3, 0.4) is 0 Å². The van der Waals surface area contributed by atoms with Gasteiger partial charge in [-0.25, -0.2) is 0 Å². The van der Waals surface area contributed by atoms with Gasteiger partial charge in [-0.3, -0.25) is 14.6 Å². The zero-order chi connectivity index (χ0) is 20.7. The van der Waals surface area contributed by atoms with Crippen LogP contribution in [0.4, 0.5) is 0 Å². The molecule has 2 amide bonds. The Morgan fingerprint density at radius 3 is 2.77 bits per heavy atom. The van der Waals surface area contributed by atoms with Crippen LogP contribution in [0.25, 0.3) is 32.8 Å². The summed E-state index contributed by atoms with van der Waals surface area (Å²) in [6.45, 7) is 3.14. The monoisotopic (exact) mass is 395 g/mol. The number of rotatable bonds is 2. The Morgan fingerprint density at radius 2 is 1.90 bits per heavy atom. The van der Waals surface area contributed by atoms with Crippen molar-refractivity contribution in [3.8, 4) is 11.1 Å². The zero-order valence-corrected chi connectivity index (χ0v) is 16.7. The number of hydrogen-bond acceptors (Lipinski definition) is 3. The molecule has 1 N–H and O–H groups in total. The minimum absolute atomic E-state index is 0.107. The molecule has 30 heavy (non-hydrogen) atoms. The number of carbonyl (C=O) groups is 2. The Bertz CT molecular complexity index is 1310. The lowest BCUT2D eigenvalue weighted by Gasteiger charge is -2.26. The number of benzene rings is 3. The molecule has 4 aromatic rings. The van der Waals surface area contributed by atoms with Gasteiger partial charge in [-0.1, -0.05) is 36.4 Å². The normalized spacial score (nSPS) is 14.2. The lowest BCUT2D eigenvalue weighted by Crippen LogP contribution is -2.49. The lowest BCUT2D eigenvalue weighted by molar-refractivity contribution is -0.123. The third-order valence-electron chi connectivity index (χ3n) is 5.59. The van der Waals surface area contributed by atoms with Crippen LogP contribution in [0, 0.1) is 6.92 Å². The molecule has 1 aromatic heterocycles. The van der Waals surface area contributed by atoms with Crippen molar-refractivity contribution in [3.05, 3.63) is 78.0 Å². The average Bonchev–Trinajstić information content (AvgIpc) is 2.77. The third-order valence-corrected chi connectivity index (χ3v) is 5.59. The summed E-state index contributed by atoms with van der Waals surface area (Å²) in [5.41, 5.74) is 4.82. The van der Waals surface area contributed by atoms with Gasteiger partial charge in [0.2, 0.25) is 5.91 Å². The number of nitrogens with one attached hydrogen (secondary N) is 1. The lowest BCUT2D eigenvalue weighted by atomic mass is 9.95. The number of fused-ring (bicyclic) bond motifs is 2. The highest BCUT2D eigenvalue weighted by Gasteiger charge is 2.22. The molecule has 5 nitrogen and oxygen atoms in total. The maximum Gasteiger partial charge on any atom is 0.254 e. The van der Waals surface area contributed by atoms with Gasteiger partial charge in [0.05, 0.1) is 12.1 Å². The molecule has 0 saturated carbocycles. The van der Waals surface area contributed by atoms with Crippen molar-refractivity contribution < 1.29 is 9.59 Å². The standard InChI is InChI=1S/C25H21N3O2/c1-16-5-6-19-13-18(8-10-23(19)27-16)21-4-2-3-17-14-20(7-9-22(17)21)25(30)28-12-11-26-24(29)15-28/h2-10,13-14H,11-12,15H2,1H3,(H,26,29). The van der Waals surface area contributed by atoms with Gasteiger partial charge in [-0.2, -0.15) is 0 Å². The number of hydrogen-bond donors (Lipinski definition) is 1. The van der Waals surface area contributed by atoms with Crippen LogP contribution in [0.1, 0.15) is 16.1 Å². The molecule has 5 rings (SSSR count). The molecule has 1 saturated heterocycles. The van der Waals surface area contributed by atoms with Crippen LogP contribution >= 0.6 is 0 Å². The summed E-state index contributed by atoms with van der Waals surface area (Å²) in [4.78, 5) is 30.7. The summed E-state index contributed by atoms with van der Waals surface area (Å²) >= 11 is 0. The molecule has 5 heteroatoms. The summed E-state index contributed by atoms with van der Waals surface area (Å²) in [7, 11) is 0. The molecule has 148 valence electrons. The van der Waals surface area contributed by atoms with E-state index in [0.29, 0.717) is 18.7 Å². The van der Waals surface area contributed by atoms with Gasteiger partial charge in [0.25, 0.3) is 5.91 Å². The minimum Gasteiger partial charge on any atom is -0.353 e. The van der Waals surface area contributed by atoms with Crippen LogP contribution in [-0.4, -0.2) is 41.3 Å². The molecule has 1 fully saturated rings. The van der Waals surface area contributed by atoms with E-state index in [1.165, 1.54) is 0 Å². The van der Waals surface area contributed by atoms with Gasteiger partial charge in [-0.05, 0) is 59.2 Å². The summed E-state index contributed by atoms with van der Waals surface area (Å²) in [6, 6.07) is 22.3. The summed E-state index contributed by atoms with van der Waals surface area (Å²) in [5.74, 6) is -0.219. The van der Waals surface area contributed by atoms with E-state index in [4.69, 9.17) is 0 Å². The van der Waals surface area contributed by atoms with Crippen molar-refractivity contribution in [1.82, 2.24) is 15.2 Å². The fraction of sp³-hybridized carbons (Fsp3) is 0.160. The highest BCUT2D eigenvalue weighted by atomic mass is 16.2. The van der Waals surface area contributed by atoms with Crippen LogP contribution in [0.15, 0.2) is 66.7 Å². The van der Waals surface area contributed by atoms with Gasteiger partial charge in [0.1, 0.15) is 0 Å². The predicted octanol–water partition coefficient (Wildman–Crippen LogP) is 3.94. The van der Waals surface area contributed by atoms with Crippen LogP contribution < -0.4 is 5.32 Å². The molecule has 0 radical (unpaired) electrons. The maximum atomic E-state index is 12.9. The van der Waals surface area contributed by atoms with Crippen molar-refractivity contribution in [2.75, 3.05) is 19.6 Å². The minimum atomic E-state index is -0.112. The number of aromatic nitrogens is 1. The van der Waals surface area contributed by atoms with Crippen molar-refractivity contribution in [1.29, 1.82) is 0 Å². The SMILES string of the molecule is Cc1ccc2cc(-c3cccc4cc(C(=O)N5CCNC(=O)C5)ccc34)ccc2n1. The Balaban J connectivity index is 1.54. The molecule has 0 bridgehead atoms. The number of nitrogens with zero attached hydrogens (tertiary/aromatic N) is 2. The average molecular weight is 395 g/mol. The topological polar surface area (TPSA) is 62.3 Å². The van der Waals surface area contributed by atoms with Gasteiger partial charge < -0.3 is 10.2 Å². The van der Waals surface area contributed by atoms with E-state index in [-0.39, 0.29) is 18.4 Å². The van der Waals surface area contributed by atoms with Crippen LogP contribution in [0.5, 0.6) is 0 Å². The Morgan fingerprint density at radius 1 is 1.00 bits per heavy atom. The second kappa shape index (κ2) is 7.26. The van der Waals surface area contributed by atoms with Crippen molar-refractivity contribution in [2.45, 2.75) is 6.92 Å². The smallest absolute Gasteiger partial charge is 0.254 e. The molecule has 0 spiro atoms. The van der Waals surface area contributed by atoms with Gasteiger partial charge >= 0.3 is 0 Å². The molecule has 1 aliphatic rings. The maximum absolute atomic E-state index is 12.9. The largest absolute Gasteiger partial charge is 0.353 e. The first-order valence-corrected chi connectivity index (χ1v) is 10.0. The van der Waals surface area contributed by atoms with Crippen molar-refractivity contribution in [2.24, 2.45) is 0 Å². The Hall–Kier alpha value is -3.73. The fourth-order valence-electron chi connectivity index (χ4n) is 4.06. The molecular formula is C25H21N3O2. The number of piperazine rings is 1. The molecule has 0 atom stereocenters.